The molecule has 56 valence electrons. The molecule has 3 heteroatoms. The fraction of sp³-hybridized carbons (Fsp3) is 1.00. The lowest BCUT2D eigenvalue weighted by molar-refractivity contribution is 0.250. The van der Waals surface area contributed by atoms with Gasteiger partial charge in [0.2, 0.25) is 0 Å². The van der Waals surface area contributed by atoms with Crippen LogP contribution in [0.3, 0.4) is 0 Å². The maximum Gasteiger partial charge on any atom is 0.103 e. The second-order valence-electron chi connectivity index (χ2n) is 2.23. The van der Waals surface area contributed by atoms with Crippen LogP contribution in [0.1, 0.15) is 6.92 Å². The Morgan fingerprint density at radius 3 is 2.33 bits per heavy atom. The van der Waals surface area contributed by atoms with Crippen molar-refractivity contribution in [3.05, 3.63) is 0 Å². The highest BCUT2D eigenvalue weighted by Crippen LogP contribution is 2.03. The van der Waals surface area contributed by atoms with E-state index in [0.717, 1.165) is 0 Å². The summed E-state index contributed by atoms with van der Waals surface area (Å²) in [7, 11) is 1.80. The van der Waals surface area contributed by atoms with Gasteiger partial charge >= 0.3 is 0 Å². The predicted octanol–water partition coefficient (Wildman–Crippen LogP) is 0.139. The van der Waals surface area contributed by atoms with E-state index in [1.165, 1.54) is 6.92 Å². The molecule has 9 heavy (non-hydrogen) atoms. The smallest absolute Gasteiger partial charge is 0.103 e. The van der Waals surface area contributed by atoms with Crippen molar-refractivity contribution < 1.29 is 4.39 Å². The molecule has 0 saturated heterocycles. The van der Waals surface area contributed by atoms with Crippen LogP contribution in [0.2, 0.25) is 0 Å². The summed E-state index contributed by atoms with van der Waals surface area (Å²) in [5.41, 5.74) is 5.28. The van der Waals surface area contributed by atoms with Gasteiger partial charge in [-0.05, 0) is 20.5 Å². The highest BCUT2D eigenvalue weighted by atomic mass is 19.1. The van der Waals surface area contributed by atoms with Crippen LogP contribution < -0.4 is 11.1 Å². The summed E-state index contributed by atoms with van der Waals surface area (Å²) in [6.07, 6.45) is -0.803. The summed E-state index contributed by atoms with van der Waals surface area (Å²) >= 11 is 0. The van der Waals surface area contributed by atoms with Crippen LogP contribution in [0.5, 0.6) is 0 Å². The first-order chi connectivity index (χ1) is 4.22. The van der Waals surface area contributed by atoms with Crippen LogP contribution in [0, 0.1) is 5.92 Å². The standard InChI is InChI=1S/C6H15FN2/c1-5(7)6(3-8)4-9-2/h5-6,9H,3-4,8H2,1-2H3. The molecule has 0 bridgehead atoms. The van der Waals surface area contributed by atoms with Crippen LogP contribution in [-0.4, -0.2) is 26.3 Å². The lowest BCUT2D eigenvalue weighted by Gasteiger charge is -2.14. The summed E-state index contributed by atoms with van der Waals surface area (Å²) in [5, 5.41) is 2.88. The third-order valence-electron chi connectivity index (χ3n) is 1.42. The van der Waals surface area contributed by atoms with Gasteiger partial charge in [0.25, 0.3) is 0 Å². The Balaban J connectivity index is 3.41. The minimum atomic E-state index is -0.803. The van der Waals surface area contributed by atoms with Crippen molar-refractivity contribution in [2.45, 2.75) is 13.1 Å². The van der Waals surface area contributed by atoms with E-state index in [9.17, 15) is 4.39 Å². The first-order valence-electron chi connectivity index (χ1n) is 3.21. The van der Waals surface area contributed by atoms with E-state index >= 15 is 0 Å². The van der Waals surface area contributed by atoms with E-state index in [1.54, 1.807) is 7.05 Å². The summed E-state index contributed by atoms with van der Waals surface area (Å²) < 4.78 is 12.4. The summed E-state index contributed by atoms with van der Waals surface area (Å²) in [6.45, 7) is 2.61. The zero-order chi connectivity index (χ0) is 7.28. The highest BCUT2D eigenvalue weighted by molar-refractivity contribution is 4.67. The molecule has 0 aromatic heterocycles. The molecule has 0 aliphatic rings. The fourth-order valence-electron chi connectivity index (χ4n) is 0.695. The molecule has 2 atom stereocenters. The number of nitrogens with two attached hydrogens (primary N) is 1. The van der Waals surface area contributed by atoms with Crippen molar-refractivity contribution in [3.8, 4) is 0 Å². The van der Waals surface area contributed by atoms with E-state index < -0.39 is 6.17 Å². The maximum absolute atomic E-state index is 12.4. The van der Waals surface area contributed by atoms with Gasteiger partial charge in [-0.2, -0.15) is 0 Å². The van der Waals surface area contributed by atoms with Gasteiger partial charge in [-0.1, -0.05) is 0 Å². The van der Waals surface area contributed by atoms with Gasteiger partial charge in [-0.3, -0.25) is 0 Å². The van der Waals surface area contributed by atoms with Crippen LogP contribution >= 0.6 is 0 Å². The van der Waals surface area contributed by atoms with Gasteiger partial charge in [0.05, 0.1) is 0 Å². The third-order valence-corrected chi connectivity index (χ3v) is 1.42. The average Bonchev–Trinajstić information content (AvgIpc) is 1.82. The molecule has 0 rings (SSSR count). The van der Waals surface area contributed by atoms with Gasteiger partial charge in [0, 0.05) is 12.5 Å². The molecule has 0 aliphatic heterocycles. The van der Waals surface area contributed by atoms with Gasteiger partial charge in [-0.15, -0.1) is 0 Å². The number of rotatable bonds is 4. The fourth-order valence-corrected chi connectivity index (χ4v) is 0.695. The van der Waals surface area contributed by atoms with E-state index in [0.29, 0.717) is 13.1 Å². The maximum atomic E-state index is 12.4. The monoisotopic (exact) mass is 134 g/mol. The molecule has 0 heterocycles. The summed E-state index contributed by atoms with van der Waals surface area (Å²) in [6, 6.07) is 0. The van der Waals surface area contributed by atoms with Gasteiger partial charge < -0.3 is 11.1 Å². The Labute approximate surface area is 55.6 Å². The van der Waals surface area contributed by atoms with Crippen molar-refractivity contribution in [3.63, 3.8) is 0 Å². The Hall–Kier alpha value is -0.150. The average molecular weight is 134 g/mol. The largest absolute Gasteiger partial charge is 0.330 e. The molecular weight excluding hydrogens is 119 g/mol. The Bertz CT molecular complexity index is 66.1. The first-order valence-corrected chi connectivity index (χ1v) is 3.21. The normalized spacial score (nSPS) is 17.3. The van der Waals surface area contributed by atoms with Gasteiger partial charge in [0.1, 0.15) is 6.17 Å². The minimum absolute atomic E-state index is 0.0324. The molecule has 0 aromatic carbocycles. The number of nitrogens with one attached hydrogen (secondary N) is 1. The molecule has 3 N–H and O–H groups in total. The van der Waals surface area contributed by atoms with Crippen LogP contribution in [0.15, 0.2) is 0 Å². The van der Waals surface area contributed by atoms with Crippen LogP contribution in [0.4, 0.5) is 4.39 Å². The highest BCUT2D eigenvalue weighted by Gasteiger charge is 2.12. The summed E-state index contributed by atoms with van der Waals surface area (Å²) in [5.74, 6) is -0.0324. The zero-order valence-electron chi connectivity index (χ0n) is 6.02. The van der Waals surface area contributed by atoms with E-state index in [1.807, 2.05) is 0 Å². The number of alkyl halides is 1. The third kappa shape index (κ3) is 3.43. The molecule has 0 spiro atoms. The molecule has 0 fully saturated rings. The Morgan fingerprint density at radius 1 is 1.67 bits per heavy atom. The van der Waals surface area contributed by atoms with Crippen LogP contribution in [-0.2, 0) is 0 Å². The summed E-state index contributed by atoms with van der Waals surface area (Å²) in [4.78, 5) is 0. The van der Waals surface area contributed by atoms with E-state index in [4.69, 9.17) is 5.73 Å². The second-order valence-corrected chi connectivity index (χ2v) is 2.23. The molecule has 0 amide bonds. The molecule has 0 radical (unpaired) electrons. The zero-order valence-corrected chi connectivity index (χ0v) is 6.02. The molecule has 2 nitrogen and oxygen atoms in total. The molecule has 0 aromatic rings. The van der Waals surface area contributed by atoms with Crippen molar-refractivity contribution in [2.24, 2.45) is 11.7 Å². The van der Waals surface area contributed by atoms with E-state index in [2.05, 4.69) is 5.32 Å². The lowest BCUT2D eigenvalue weighted by atomic mass is 10.1. The van der Waals surface area contributed by atoms with Crippen molar-refractivity contribution in [2.75, 3.05) is 20.1 Å². The first kappa shape index (κ1) is 8.85. The van der Waals surface area contributed by atoms with Crippen molar-refractivity contribution in [1.29, 1.82) is 0 Å². The topological polar surface area (TPSA) is 38.0 Å². The molecular formula is C6H15FN2. The number of hydrogen-bond acceptors (Lipinski definition) is 2. The molecule has 2 unspecified atom stereocenters. The van der Waals surface area contributed by atoms with Crippen molar-refractivity contribution >= 4 is 0 Å². The quantitative estimate of drug-likeness (QED) is 0.574. The Kier molecular flexibility index (Phi) is 4.62. The predicted molar refractivity (Wildman–Crippen MR) is 37.0 cm³/mol. The van der Waals surface area contributed by atoms with E-state index in [-0.39, 0.29) is 5.92 Å². The lowest BCUT2D eigenvalue weighted by Crippen LogP contribution is -2.31. The Morgan fingerprint density at radius 2 is 2.22 bits per heavy atom. The van der Waals surface area contributed by atoms with Gasteiger partial charge in [0.15, 0.2) is 0 Å². The minimum Gasteiger partial charge on any atom is -0.330 e. The molecule has 0 aliphatic carbocycles. The molecule has 0 saturated carbocycles. The second kappa shape index (κ2) is 4.70. The van der Waals surface area contributed by atoms with Gasteiger partial charge in [-0.25, -0.2) is 4.39 Å². The number of hydrogen-bond donors (Lipinski definition) is 2. The number of halogens is 1. The van der Waals surface area contributed by atoms with Crippen molar-refractivity contribution in [1.82, 2.24) is 5.32 Å². The van der Waals surface area contributed by atoms with Crippen LogP contribution in [0.25, 0.3) is 0 Å². The SMILES string of the molecule is CNCC(CN)C(C)F.